The van der Waals surface area contributed by atoms with Crippen molar-refractivity contribution in [1.82, 2.24) is 25.0 Å². The van der Waals surface area contributed by atoms with Crippen molar-refractivity contribution in [1.29, 1.82) is 0 Å². The van der Waals surface area contributed by atoms with Crippen molar-refractivity contribution in [3.05, 3.63) is 59.7 Å². The summed E-state index contributed by atoms with van der Waals surface area (Å²) in [6.45, 7) is 16.1. The van der Waals surface area contributed by atoms with E-state index in [1.165, 1.54) is 4.90 Å². The minimum Gasteiger partial charge on any atom is -0.352 e. The van der Waals surface area contributed by atoms with Crippen molar-refractivity contribution in [2.75, 3.05) is 23.7 Å². The first-order chi connectivity index (χ1) is 18.7. The highest BCUT2D eigenvalue weighted by Crippen LogP contribution is 2.29. The quantitative estimate of drug-likeness (QED) is 0.411. The molecule has 3 aromatic rings. The van der Waals surface area contributed by atoms with Crippen LogP contribution in [0.1, 0.15) is 76.1 Å². The molecular weight excluding hydrogens is 506 g/mol. The van der Waals surface area contributed by atoms with Crippen LogP contribution < -0.4 is 16.0 Å². The lowest BCUT2D eigenvalue weighted by Crippen LogP contribution is -2.63. The second kappa shape index (κ2) is 10.7. The molecule has 1 fully saturated rings. The third kappa shape index (κ3) is 5.85. The van der Waals surface area contributed by atoms with Crippen LogP contribution in [0, 0.1) is 6.92 Å². The largest absolute Gasteiger partial charge is 0.352 e. The van der Waals surface area contributed by atoms with E-state index in [9.17, 15) is 14.4 Å². The lowest BCUT2D eigenvalue weighted by molar-refractivity contribution is -0.133. The number of aryl methyl sites for hydroxylation is 1. The Hall–Kier alpha value is -4.21. The molecule has 0 radical (unpaired) electrons. The number of nitrogens with one attached hydrogen (secondary N) is 3. The summed E-state index contributed by atoms with van der Waals surface area (Å²) in [6, 6.07) is 9.22. The first-order valence-corrected chi connectivity index (χ1v) is 13.5. The molecule has 4 rings (SSSR count). The summed E-state index contributed by atoms with van der Waals surface area (Å²) in [5.41, 5.74) is 3.43. The zero-order valence-electron chi connectivity index (χ0n) is 24.5. The summed E-state index contributed by atoms with van der Waals surface area (Å²) in [5, 5.41) is 13.0. The Kier molecular flexibility index (Phi) is 7.74. The number of amides is 4. The van der Waals surface area contributed by atoms with Crippen LogP contribution in [0.2, 0.25) is 0 Å². The maximum absolute atomic E-state index is 13.7. The van der Waals surface area contributed by atoms with E-state index in [-0.39, 0.29) is 17.3 Å². The number of carbonyl (C=O) groups is 3. The molecule has 40 heavy (non-hydrogen) atoms. The SMILES string of the molecule is Cc1ccc(NC(=O)Nc2cn(C(C)(C)C)nc2C(=O)N2CCNC(=O)C2(C)C)cc1-c1ccc(C(C)C)nc1. The predicted octanol–water partition coefficient (Wildman–Crippen LogP) is 5.13. The van der Waals surface area contributed by atoms with E-state index in [2.05, 4.69) is 39.9 Å². The van der Waals surface area contributed by atoms with Gasteiger partial charge in [0.2, 0.25) is 5.91 Å². The Morgan fingerprint density at radius 2 is 1.82 bits per heavy atom. The monoisotopic (exact) mass is 545 g/mol. The highest BCUT2D eigenvalue weighted by Gasteiger charge is 2.42. The number of urea groups is 1. The van der Waals surface area contributed by atoms with E-state index in [4.69, 9.17) is 0 Å². The number of piperazine rings is 1. The van der Waals surface area contributed by atoms with E-state index < -0.39 is 23.0 Å². The van der Waals surface area contributed by atoms with Gasteiger partial charge < -0.3 is 20.9 Å². The lowest BCUT2D eigenvalue weighted by atomic mass is 9.98. The maximum Gasteiger partial charge on any atom is 0.323 e. The van der Waals surface area contributed by atoms with E-state index in [0.717, 1.165) is 22.4 Å². The first-order valence-electron chi connectivity index (χ1n) is 13.5. The Morgan fingerprint density at radius 1 is 1.10 bits per heavy atom. The molecule has 0 spiro atoms. The number of benzene rings is 1. The van der Waals surface area contributed by atoms with Crippen molar-refractivity contribution in [2.45, 2.75) is 72.4 Å². The Labute approximate surface area is 235 Å². The van der Waals surface area contributed by atoms with Crippen LogP contribution in [0.5, 0.6) is 0 Å². The average Bonchev–Trinajstić information content (AvgIpc) is 3.31. The van der Waals surface area contributed by atoms with Gasteiger partial charge in [-0.3, -0.25) is 19.3 Å². The van der Waals surface area contributed by atoms with E-state index in [1.54, 1.807) is 24.7 Å². The van der Waals surface area contributed by atoms with Crippen molar-refractivity contribution >= 4 is 29.2 Å². The fourth-order valence-corrected chi connectivity index (χ4v) is 4.55. The van der Waals surface area contributed by atoms with Gasteiger partial charge in [-0.1, -0.05) is 26.0 Å². The molecule has 3 heterocycles. The zero-order valence-corrected chi connectivity index (χ0v) is 24.5. The number of rotatable bonds is 5. The first kappa shape index (κ1) is 28.8. The molecule has 0 atom stereocenters. The molecule has 0 bridgehead atoms. The third-order valence-electron chi connectivity index (χ3n) is 7.13. The normalized spacial score (nSPS) is 15.1. The summed E-state index contributed by atoms with van der Waals surface area (Å²) in [4.78, 5) is 45.4. The van der Waals surface area contributed by atoms with Gasteiger partial charge in [-0.2, -0.15) is 5.10 Å². The van der Waals surface area contributed by atoms with Crippen LogP contribution in [0.3, 0.4) is 0 Å². The number of anilines is 2. The van der Waals surface area contributed by atoms with Crippen LogP contribution >= 0.6 is 0 Å². The molecule has 0 saturated carbocycles. The van der Waals surface area contributed by atoms with Crippen molar-refractivity contribution < 1.29 is 14.4 Å². The van der Waals surface area contributed by atoms with Crippen LogP contribution in [-0.2, 0) is 10.3 Å². The van der Waals surface area contributed by atoms with E-state index in [1.807, 2.05) is 64.2 Å². The fourth-order valence-electron chi connectivity index (χ4n) is 4.55. The highest BCUT2D eigenvalue weighted by atomic mass is 16.2. The average molecular weight is 546 g/mol. The highest BCUT2D eigenvalue weighted by molar-refractivity contribution is 6.07. The number of hydrogen-bond donors (Lipinski definition) is 3. The molecule has 1 aliphatic rings. The van der Waals surface area contributed by atoms with Crippen molar-refractivity contribution in [3.8, 4) is 11.1 Å². The van der Waals surface area contributed by atoms with Crippen LogP contribution in [0.15, 0.2) is 42.7 Å². The second-order valence-electron chi connectivity index (χ2n) is 12.0. The van der Waals surface area contributed by atoms with Gasteiger partial charge in [-0.05, 0) is 76.8 Å². The molecule has 1 aromatic carbocycles. The van der Waals surface area contributed by atoms with Gasteiger partial charge in [-0.25, -0.2) is 4.79 Å². The molecule has 4 amide bonds. The van der Waals surface area contributed by atoms with Gasteiger partial charge in [0, 0.05) is 36.2 Å². The number of carbonyl (C=O) groups excluding carboxylic acids is 3. The fraction of sp³-hybridized carbons (Fsp3) is 0.433. The molecule has 1 saturated heterocycles. The molecule has 0 unspecified atom stereocenters. The molecule has 1 aliphatic heterocycles. The van der Waals surface area contributed by atoms with Crippen molar-refractivity contribution in [3.63, 3.8) is 0 Å². The zero-order chi connectivity index (χ0) is 29.4. The molecule has 3 N–H and O–H groups in total. The molecular formula is C30H39N7O3. The van der Waals surface area contributed by atoms with Crippen molar-refractivity contribution in [2.24, 2.45) is 0 Å². The third-order valence-corrected chi connectivity index (χ3v) is 7.13. The smallest absolute Gasteiger partial charge is 0.323 e. The molecule has 2 aromatic heterocycles. The minimum absolute atomic E-state index is 0.0776. The minimum atomic E-state index is -1.05. The van der Waals surface area contributed by atoms with Gasteiger partial charge in [0.25, 0.3) is 5.91 Å². The molecule has 0 aliphatic carbocycles. The van der Waals surface area contributed by atoms with Crippen LogP contribution in [-0.4, -0.2) is 56.1 Å². The standard InChI is InChI=1S/C30H39N7O3/c1-18(2)23-12-10-20(16-32-23)22-15-21(11-9-19(22)3)33-28(40)34-24-17-37(29(4,5)6)35-25(24)26(38)36-14-13-31-27(39)30(36,7)8/h9-12,15-18H,13-14H2,1-8H3,(H,31,39)(H2,33,34,40). The van der Waals surface area contributed by atoms with Gasteiger partial charge in [0.05, 0.1) is 17.4 Å². The Morgan fingerprint density at radius 3 is 2.45 bits per heavy atom. The lowest BCUT2D eigenvalue weighted by Gasteiger charge is -2.40. The maximum atomic E-state index is 13.7. The van der Waals surface area contributed by atoms with Gasteiger partial charge in [0.15, 0.2) is 5.69 Å². The molecule has 212 valence electrons. The summed E-state index contributed by atoms with van der Waals surface area (Å²) in [6.07, 6.45) is 3.50. The summed E-state index contributed by atoms with van der Waals surface area (Å²) in [7, 11) is 0. The number of pyridine rings is 1. The predicted molar refractivity (Wildman–Crippen MR) is 156 cm³/mol. The molecule has 10 nitrogen and oxygen atoms in total. The Bertz CT molecular complexity index is 1430. The van der Waals surface area contributed by atoms with Gasteiger partial charge >= 0.3 is 6.03 Å². The Balaban J connectivity index is 1.59. The summed E-state index contributed by atoms with van der Waals surface area (Å²) < 4.78 is 1.64. The molecule has 10 heteroatoms. The topological polar surface area (TPSA) is 121 Å². The van der Waals surface area contributed by atoms with Crippen LogP contribution in [0.25, 0.3) is 11.1 Å². The second-order valence-corrected chi connectivity index (χ2v) is 12.0. The number of hydrogen-bond acceptors (Lipinski definition) is 5. The summed E-state index contributed by atoms with van der Waals surface area (Å²) >= 11 is 0. The van der Waals surface area contributed by atoms with E-state index in [0.29, 0.717) is 24.7 Å². The summed E-state index contributed by atoms with van der Waals surface area (Å²) in [5.74, 6) is -0.323. The van der Waals surface area contributed by atoms with Gasteiger partial charge in [0.1, 0.15) is 5.54 Å². The van der Waals surface area contributed by atoms with Gasteiger partial charge in [-0.15, -0.1) is 0 Å². The number of nitrogens with zero attached hydrogens (tertiary/aromatic N) is 4. The van der Waals surface area contributed by atoms with E-state index >= 15 is 0 Å². The number of aromatic nitrogens is 3. The van der Waals surface area contributed by atoms with Crippen LogP contribution in [0.4, 0.5) is 16.2 Å².